The Morgan fingerprint density at radius 3 is 1.69 bits per heavy atom. The average molecular weight is 178 g/mol. The van der Waals surface area contributed by atoms with Crippen molar-refractivity contribution in [2.45, 2.75) is 46.2 Å². The minimum atomic E-state index is 0.471. The van der Waals surface area contributed by atoms with E-state index in [1.54, 1.807) is 0 Å². The molecule has 1 aliphatic heterocycles. The van der Waals surface area contributed by atoms with Gasteiger partial charge in [-0.25, -0.2) is 0 Å². The van der Waals surface area contributed by atoms with E-state index in [1.165, 1.54) is 6.42 Å². The highest BCUT2D eigenvalue weighted by molar-refractivity contribution is 6.41. The Morgan fingerprint density at radius 1 is 0.923 bits per heavy atom. The van der Waals surface area contributed by atoms with Gasteiger partial charge in [0, 0.05) is 0 Å². The lowest BCUT2D eigenvalue weighted by Gasteiger charge is -2.23. The van der Waals surface area contributed by atoms with E-state index in [1.807, 2.05) is 0 Å². The molecule has 2 nitrogen and oxygen atoms in total. The summed E-state index contributed by atoms with van der Waals surface area (Å²) >= 11 is 0. The van der Waals surface area contributed by atoms with E-state index in [4.69, 9.17) is 9.98 Å². The quantitative estimate of drug-likeness (QED) is 0.544. The molecule has 2 aliphatic rings. The summed E-state index contributed by atoms with van der Waals surface area (Å²) in [6.45, 7) is 8.75. The van der Waals surface area contributed by atoms with Gasteiger partial charge in [0.05, 0.1) is 23.5 Å². The molecule has 4 atom stereocenters. The van der Waals surface area contributed by atoms with Crippen LogP contribution in [0.5, 0.6) is 0 Å². The Hall–Kier alpha value is -0.660. The fourth-order valence-electron chi connectivity index (χ4n) is 2.58. The van der Waals surface area contributed by atoms with E-state index < -0.39 is 0 Å². The van der Waals surface area contributed by atoms with Crippen LogP contribution in [0.2, 0.25) is 0 Å². The third-order valence-electron chi connectivity index (χ3n) is 3.47. The van der Waals surface area contributed by atoms with Gasteiger partial charge in [0.25, 0.3) is 0 Å². The normalized spacial score (nSPS) is 44.0. The van der Waals surface area contributed by atoms with Crippen LogP contribution in [0.1, 0.15) is 34.1 Å². The van der Waals surface area contributed by atoms with Crippen LogP contribution in [0.4, 0.5) is 0 Å². The van der Waals surface area contributed by atoms with Gasteiger partial charge in [-0.3, -0.25) is 9.98 Å². The Labute approximate surface area is 80.2 Å². The van der Waals surface area contributed by atoms with Crippen molar-refractivity contribution in [3.05, 3.63) is 0 Å². The third kappa shape index (κ3) is 1.32. The summed E-state index contributed by atoms with van der Waals surface area (Å²) in [4.78, 5) is 9.49. The topological polar surface area (TPSA) is 24.7 Å². The molecule has 1 saturated carbocycles. The van der Waals surface area contributed by atoms with E-state index in [9.17, 15) is 0 Å². The average Bonchev–Trinajstić information content (AvgIpc) is 2.31. The molecule has 0 aromatic heterocycles. The van der Waals surface area contributed by atoms with Crippen LogP contribution in [0.25, 0.3) is 0 Å². The Bertz CT molecular complexity index is 250. The first-order valence-electron chi connectivity index (χ1n) is 5.18. The molecule has 0 amide bonds. The molecule has 0 radical (unpaired) electrons. The summed E-state index contributed by atoms with van der Waals surface area (Å²) in [5.74, 6) is 1.43. The molecule has 1 heterocycles. The lowest BCUT2D eigenvalue weighted by molar-refractivity contribution is 0.484. The zero-order valence-corrected chi connectivity index (χ0v) is 8.91. The van der Waals surface area contributed by atoms with Gasteiger partial charge in [0.2, 0.25) is 0 Å². The summed E-state index contributed by atoms with van der Waals surface area (Å²) in [5, 5.41) is 0. The lowest BCUT2D eigenvalue weighted by atomic mass is 10.0. The molecule has 2 rings (SSSR count). The van der Waals surface area contributed by atoms with E-state index in [2.05, 4.69) is 27.7 Å². The molecule has 0 bridgehead atoms. The van der Waals surface area contributed by atoms with Crippen LogP contribution in [0.3, 0.4) is 0 Å². The second-order valence-corrected chi connectivity index (χ2v) is 4.60. The molecule has 0 aromatic carbocycles. The van der Waals surface area contributed by atoms with Crippen molar-refractivity contribution in [1.29, 1.82) is 0 Å². The van der Waals surface area contributed by atoms with Crippen molar-refractivity contribution >= 4 is 11.4 Å². The lowest BCUT2D eigenvalue weighted by Crippen LogP contribution is -2.31. The predicted octanol–water partition coefficient (Wildman–Crippen LogP) is 2.33. The monoisotopic (exact) mass is 178 g/mol. The van der Waals surface area contributed by atoms with E-state index in [0.717, 1.165) is 11.4 Å². The molecule has 72 valence electrons. The third-order valence-corrected chi connectivity index (χ3v) is 3.47. The molecule has 13 heavy (non-hydrogen) atoms. The summed E-state index contributed by atoms with van der Waals surface area (Å²) < 4.78 is 0. The van der Waals surface area contributed by atoms with Crippen LogP contribution in [0, 0.1) is 11.8 Å². The van der Waals surface area contributed by atoms with Crippen molar-refractivity contribution in [2.75, 3.05) is 0 Å². The number of hydrogen-bond acceptors (Lipinski definition) is 2. The number of fused-ring (bicyclic) bond motifs is 1. The summed E-state index contributed by atoms with van der Waals surface area (Å²) in [6.07, 6.45) is 1.28. The standard InChI is InChI=1S/C11H18N2/c1-6-5-7(2)11-10(6)12-8(3)9(4)13-11/h6-7,10-11H,5H2,1-4H3/t6-,7+,10+,11-. The van der Waals surface area contributed by atoms with E-state index in [0.29, 0.717) is 23.9 Å². The maximum atomic E-state index is 4.74. The van der Waals surface area contributed by atoms with Crippen LogP contribution >= 0.6 is 0 Å². The van der Waals surface area contributed by atoms with Crippen LogP contribution in [0.15, 0.2) is 9.98 Å². The molecule has 1 aliphatic carbocycles. The van der Waals surface area contributed by atoms with Crippen molar-refractivity contribution in [2.24, 2.45) is 21.8 Å². The molecular formula is C11H18N2. The maximum Gasteiger partial charge on any atom is 0.0755 e. The summed E-state index contributed by atoms with van der Waals surface area (Å²) in [7, 11) is 0. The minimum Gasteiger partial charge on any atom is -0.282 e. The van der Waals surface area contributed by atoms with Gasteiger partial charge in [0.15, 0.2) is 0 Å². The Morgan fingerprint density at radius 2 is 1.31 bits per heavy atom. The van der Waals surface area contributed by atoms with Gasteiger partial charge in [-0.05, 0) is 32.1 Å². The van der Waals surface area contributed by atoms with Crippen molar-refractivity contribution in [1.82, 2.24) is 0 Å². The number of rotatable bonds is 0. The highest BCUT2D eigenvalue weighted by Crippen LogP contribution is 2.37. The van der Waals surface area contributed by atoms with E-state index >= 15 is 0 Å². The molecule has 0 unspecified atom stereocenters. The van der Waals surface area contributed by atoms with E-state index in [-0.39, 0.29) is 0 Å². The van der Waals surface area contributed by atoms with Crippen LogP contribution in [-0.4, -0.2) is 23.5 Å². The SMILES string of the molecule is CC1=N[C@@H]2[C@H](N=C1C)[C@@H](C)C[C@H]2C. The van der Waals surface area contributed by atoms with Gasteiger partial charge < -0.3 is 0 Å². The van der Waals surface area contributed by atoms with Gasteiger partial charge in [0.1, 0.15) is 0 Å². The number of nitrogens with zero attached hydrogens (tertiary/aromatic N) is 2. The molecule has 0 spiro atoms. The first-order chi connectivity index (χ1) is 6.09. The van der Waals surface area contributed by atoms with Gasteiger partial charge >= 0.3 is 0 Å². The number of hydrogen-bond donors (Lipinski definition) is 0. The van der Waals surface area contributed by atoms with Gasteiger partial charge in [-0.2, -0.15) is 0 Å². The zero-order chi connectivity index (χ0) is 9.59. The summed E-state index contributed by atoms with van der Waals surface area (Å²) in [5.41, 5.74) is 2.28. The van der Waals surface area contributed by atoms with Crippen LogP contribution in [-0.2, 0) is 0 Å². The summed E-state index contributed by atoms with van der Waals surface area (Å²) in [6, 6.07) is 0.942. The highest BCUT2D eigenvalue weighted by Gasteiger charge is 2.40. The maximum absolute atomic E-state index is 4.74. The fraction of sp³-hybridized carbons (Fsp3) is 0.818. The fourth-order valence-corrected chi connectivity index (χ4v) is 2.58. The first-order valence-corrected chi connectivity index (χ1v) is 5.18. The smallest absolute Gasteiger partial charge is 0.0755 e. The second-order valence-electron chi connectivity index (χ2n) is 4.60. The Balaban J connectivity index is 2.31. The molecular weight excluding hydrogens is 160 g/mol. The van der Waals surface area contributed by atoms with Crippen molar-refractivity contribution in [3.63, 3.8) is 0 Å². The molecule has 2 heteroatoms. The largest absolute Gasteiger partial charge is 0.282 e. The minimum absolute atomic E-state index is 0.471. The van der Waals surface area contributed by atoms with Crippen molar-refractivity contribution < 1.29 is 0 Å². The Kier molecular flexibility index (Phi) is 2.01. The predicted molar refractivity (Wildman–Crippen MR) is 56.7 cm³/mol. The van der Waals surface area contributed by atoms with Gasteiger partial charge in [-0.15, -0.1) is 0 Å². The molecule has 0 saturated heterocycles. The van der Waals surface area contributed by atoms with Gasteiger partial charge in [-0.1, -0.05) is 13.8 Å². The van der Waals surface area contributed by atoms with Crippen LogP contribution < -0.4 is 0 Å². The number of aliphatic imine (C=N–C) groups is 2. The highest BCUT2D eigenvalue weighted by atomic mass is 15.0. The zero-order valence-electron chi connectivity index (χ0n) is 8.91. The second kappa shape index (κ2) is 2.93. The molecule has 1 fully saturated rings. The molecule has 0 N–H and O–H groups in total. The first kappa shape index (κ1) is 8.92. The van der Waals surface area contributed by atoms with Crippen molar-refractivity contribution in [3.8, 4) is 0 Å². The molecule has 0 aromatic rings.